The average molecular weight is 585 g/mol. The molecule has 0 fully saturated rings. The Morgan fingerprint density at radius 3 is 2.50 bits per heavy atom. The van der Waals surface area contributed by atoms with Gasteiger partial charge in [0.1, 0.15) is 17.8 Å². The molecule has 8 nitrogen and oxygen atoms in total. The van der Waals surface area contributed by atoms with Crippen LogP contribution in [0.25, 0.3) is 10.9 Å². The predicted octanol–water partition coefficient (Wildman–Crippen LogP) is 4.69. The molecule has 220 valence electrons. The lowest BCUT2D eigenvalue weighted by atomic mass is 9.89. The van der Waals surface area contributed by atoms with Gasteiger partial charge in [-0.3, -0.25) is 14.4 Å². The van der Waals surface area contributed by atoms with E-state index in [-0.39, 0.29) is 24.3 Å². The molecule has 0 spiro atoms. The van der Waals surface area contributed by atoms with Crippen molar-refractivity contribution in [2.24, 2.45) is 0 Å². The zero-order chi connectivity index (χ0) is 30.2. The second-order valence-corrected chi connectivity index (χ2v) is 11.3. The summed E-state index contributed by atoms with van der Waals surface area (Å²) in [7, 11) is 1.59. The third-order valence-electron chi connectivity index (χ3n) is 8.72. The number of aromatic nitrogens is 1. The van der Waals surface area contributed by atoms with Gasteiger partial charge in [0.2, 0.25) is 11.8 Å². The highest BCUT2D eigenvalue weighted by molar-refractivity contribution is 6.04. The number of H-pyrrole nitrogens is 1. The first kappa shape index (κ1) is 27.5. The maximum atomic E-state index is 14.3. The first-order chi connectivity index (χ1) is 21.5. The van der Waals surface area contributed by atoms with Gasteiger partial charge in [-0.1, -0.05) is 84.9 Å². The van der Waals surface area contributed by atoms with Crippen molar-refractivity contribution in [1.82, 2.24) is 20.5 Å². The van der Waals surface area contributed by atoms with E-state index in [0.29, 0.717) is 24.2 Å². The Kier molecular flexibility index (Phi) is 7.10. The van der Waals surface area contributed by atoms with Crippen LogP contribution in [0.2, 0.25) is 0 Å². The lowest BCUT2D eigenvalue weighted by Gasteiger charge is -2.37. The molecule has 0 saturated carbocycles. The second-order valence-electron chi connectivity index (χ2n) is 11.3. The fraction of sp³-hybridized carbons (Fsp3) is 0.194. The van der Waals surface area contributed by atoms with Gasteiger partial charge in [-0.25, -0.2) is 0 Å². The molecule has 3 heterocycles. The summed E-state index contributed by atoms with van der Waals surface area (Å²) in [6.07, 6.45) is 0.634. The Hall–Kier alpha value is -5.37. The number of carbonyl (C=O) groups excluding carboxylic acids is 3. The molecule has 8 heteroatoms. The number of amides is 3. The molecule has 3 atom stereocenters. The Balaban J connectivity index is 1.21. The van der Waals surface area contributed by atoms with Crippen LogP contribution in [0.1, 0.15) is 44.3 Å². The summed E-state index contributed by atoms with van der Waals surface area (Å²) >= 11 is 0. The number of methoxy groups -OCH3 is 1. The van der Waals surface area contributed by atoms with E-state index in [4.69, 9.17) is 4.74 Å². The summed E-state index contributed by atoms with van der Waals surface area (Å²) < 4.78 is 5.45. The van der Waals surface area contributed by atoms with Gasteiger partial charge in [-0.2, -0.15) is 0 Å². The van der Waals surface area contributed by atoms with E-state index in [1.165, 1.54) is 0 Å². The Labute approximate surface area is 255 Å². The Bertz CT molecular complexity index is 1880. The highest BCUT2D eigenvalue weighted by Crippen LogP contribution is 2.46. The van der Waals surface area contributed by atoms with Crippen LogP contribution in [-0.4, -0.2) is 46.8 Å². The van der Waals surface area contributed by atoms with Gasteiger partial charge in [-0.15, -0.1) is 0 Å². The quantitative estimate of drug-likeness (QED) is 0.246. The molecular formula is C36H32N4O4. The minimum Gasteiger partial charge on any atom is -0.496 e. The van der Waals surface area contributed by atoms with Gasteiger partial charge in [-0.05, 0) is 34.9 Å². The number of nitrogens with zero attached hydrogens (tertiary/aromatic N) is 1. The molecule has 2 aliphatic rings. The average Bonchev–Trinajstić information content (AvgIpc) is 3.58. The number of hydrogen-bond donors (Lipinski definition) is 3. The minimum absolute atomic E-state index is 0.185. The molecule has 4 aromatic carbocycles. The number of ether oxygens (including phenoxy) is 1. The van der Waals surface area contributed by atoms with E-state index in [2.05, 4.69) is 15.6 Å². The molecule has 0 aliphatic carbocycles. The van der Waals surface area contributed by atoms with E-state index in [9.17, 15) is 14.4 Å². The van der Waals surface area contributed by atoms with E-state index in [1.54, 1.807) is 12.0 Å². The number of nitrogens with one attached hydrogen (secondary N) is 3. The fourth-order valence-electron chi connectivity index (χ4n) is 6.62. The topological polar surface area (TPSA) is 104 Å². The maximum Gasteiger partial charge on any atom is 0.255 e. The molecule has 3 amide bonds. The van der Waals surface area contributed by atoms with Crippen LogP contribution in [0.3, 0.4) is 0 Å². The summed E-state index contributed by atoms with van der Waals surface area (Å²) in [5.74, 6) is -0.189. The molecule has 0 bridgehead atoms. The molecular weight excluding hydrogens is 552 g/mol. The number of fused-ring (bicyclic) bond motifs is 7. The SMILES string of the molecule is COc1ccccc1CNC(=O)C(Cc1ccccc1)NC(=O)C1Cc2c([nH]c3ccccc23)C2c3ccccc3C(=O)N12. The van der Waals surface area contributed by atoms with Gasteiger partial charge in [0.05, 0.1) is 13.2 Å². The Morgan fingerprint density at radius 1 is 0.932 bits per heavy atom. The normalized spacial score (nSPS) is 17.4. The maximum absolute atomic E-state index is 14.3. The number of rotatable bonds is 8. The van der Waals surface area contributed by atoms with Crippen LogP contribution in [0.4, 0.5) is 0 Å². The van der Waals surface area contributed by atoms with Gasteiger partial charge in [0, 0.05) is 47.1 Å². The van der Waals surface area contributed by atoms with E-state index in [1.807, 2.05) is 103 Å². The van der Waals surface area contributed by atoms with Crippen LogP contribution >= 0.6 is 0 Å². The molecule has 1 aromatic heterocycles. The van der Waals surface area contributed by atoms with E-state index in [0.717, 1.165) is 38.9 Å². The summed E-state index contributed by atoms with van der Waals surface area (Å²) in [4.78, 5) is 47.0. The largest absolute Gasteiger partial charge is 0.496 e. The van der Waals surface area contributed by atoms with Crippen LogP contribution < -0.4 is 15.4 Å². The Morgan fingerprint density at radius 2 is 1.66 bits per heavy atom. The number of para-hydroxylation sites is 2. The van der Waals surface area contributed by atoms with Gasteiger partial charge < -0.3 is 25.3 Å². The van der Waals surface area contributed by atoms with Crippen LogP contribution in [0, 0.1) is 0 Å². The first-order valence-electron chi connectivity index (χ1n) is 14.8. The molecule has 7 rings (SSSR count). The molecule has 44 heavy (non-hydrogen) atoms. The highest BCUT2D eigenvalue weighted by atomic mass is 16.5. The number of aromatic amines is 1. The van der Waals surface area contributed by atoms with Crippen molar-refractivity contribution in [1.29, 1.82) is 0 Å². The van der Waals surface area contributed by atoms with Crippen LogP contribution in [0.15, 0.2) is 103 Å². The minimum atomic E-state index is -0.859. The molecule has 3 unspecified atom stereocenters. The molecule has 3 N–H and O–H groups in total. The van der Waals surface area contributed by atoms with Gasteiger partial charge >= 0.3 is 0 Å². The third kappa shape index (κ3) is 4.78. The fourth-order valence-corrected chi connectivity index (χ4v) is 6.62. The van der Waals surface area contributed by atoms with Crippen molar-refractivity contribution in [3.8, 4) is 5.75 Å². The lowest BCUT2D eigenvalue weighted by Crippen LogP contribution is -2.57. The van der Waals surface area contributed by atoms with Crippen molar-refractivity contribution >= 4 is 28.6 Å². The summed E-state index contributed by atoms with van der Waals surface area (Å²) in [5.41, 5.74) is 6.13. The smallest absolute Gasteiger partial charge is 0.255 e. The van der Waals surface area contributed by atoms with Crippen LogP contribution in [-0.2, 0) is 29.0 Å². The number of benzene rings is 4. The van der Waals surface area contributed by atoms with E-state index >= 15 is 0 Å². The molecule has 0 saturated heterocycles. The zero-order valence-corrected chi connectivity index (χ0v) is 24.2. The first-order valence-corrected chi connectivity index (χ1v) is 14.8. The van der Waals surface area contributed by atoms with Crippen molar-refractivity contribution in [2.75, 3.05) is 7.11 Å². The second kappa shape index (κ2) is 11.4. The van der Waals surface area contributed by atoms with Crippen molar-refractivity contribution in [3.05, 3.63) is 137 Å². The summed E-state index contributed by atoms with van der Waals surface area (Å²) in [6, 6.07) is 30.5. The van der Waals surface area contributed by atoms with Gasteiger partial charge in [0.15, 0.2) is 0 Å². The summed E-state index contributed by atoms with van der Waals surface area (Å²) in [6.45, 7) is 0.244. The van der Waals surface area contributed by atoms with Crippen molar-refractivity contribution in [3.63, 3.8) is 0 Å². The molecule has 0 radical (unpaired) electrons. The zero-order valence-electron chi connectivity index (χ0n) is 24.2. The van der Waals surface area contributed by atoms with Crippen LogP contribution in [0.5, 0.6) is 5.75 Å². The standard InChI is InChI=1S/C36H32N4O4/c1-44-31-18-10-5-13-23(31)21-37-34(41)29(19-22-11-3-2-4-12-22)39-35(42)30-20-27-24-14-8-9-17-28(24)38-32(27)33-25-15-6-7-16-26(25)36(43)40(30)33/h2-18,29-30,33,38H,19-21H2,1H3,(H,37,41)(H,39,42). The predicted molar refractivity (Wildman–Crippen MR) is 167 cm³/mol. The van der Waals surface area contributed by atoms with E-state index < -0.39 is 18.1 Å². The molecule has 2 aliphatic heterocycles. The molecule has 5 aromatic rings. The van der Waals surface area contributed by atoms with Gasteiger partial charge in [0.25, 0.3) is 5.91 Å². The third-order valence-corrected chi connectivity index (χ3v) is 8.72. The number of hydrogen-bond acceptors (Lipinski definition) is 4. The van der Waals surface area contributed by atoms with Crippen molar-refractivity contribution in [2.45, 2.75) is 37.5 Å². The highest BCUT2D eigenvalue weighted by Gasteiger charge is 2.49. The summed E-state index contributed by atoms with van der Waals surface area (Å²) in [5, 5.41) is 7.07. The number of carbonyl (C=O) groups is 3. The van der Waals surface area contributed by atoms with Crippen molar-refractivity contribution < 1.29 is 19.1 Å². The monoisotopic (exact) mass is 584 g/mol. The lowest BCUT2D eigenvalue weighted by molar-refractivity contribution is -0.132.